The van der Waals surface area contributed by atoms with E-state index in [1.807, 2.05) is 0 Å². The molecule has 1 heterocycles. The third kappa shape index (κ3) is 2.89. The van der Waals surface area contributed by atoms with Crippen LogP contribution in [-0.4, -0.2) is 41.2 Å². The Kier molecular flexibility index (Phi) is 4.25. The average molecular weight is 362 g/mol. The number of ether oxygens (including phenoxy) is 1. The summed E-state index contributed by atoms with van der Waals surface area (Å²) in [5.41, 5.74) is -0.474. The molecule has 1 aromatic carbocycles. The van der Waals surface area contributed by atoms with Crippen molar-refractivity contribution in [1.29, 1.82) is 0 Å². The number of carbonyl (C=O) groups is 2. The van der Waals surface area contributed by atoms with Crippen LogP contribution in [0.1, 0.15) is 38.5 Å². The second kappa shape index (κ2) is 6.45. The number of urea groups is 1. The fourth-order valence-corrected chi connectivity index (χ4v) is 4.34. The number of benzene rings is 1. The number of fused-ring (bicyclic) bond motifs is 1. The molecule has 1 aliphatic heterocycles. The van der Waals surface area contributed by atoms with E-state index in [2.05, 4.69) is 5.32 Å². The molecular weight excluding hydrogens is 339 g/mol. The Morgan fingerprint density at radius 1 is 1.27 bits per heavy atom. The van der Waals surface area contributed by atoms with Crippen molar-refractivity contribution in [3.63, 3.8) is 0 Å². The summed E-state index contributed by atoms with van der Waals surface area (Å²) in [6.45, 7) is 0.647. The Hall–Kier alpha value is -2.31. The molecule has 3 aliphatic rings. The average Bonchev–Trinajstić information content (AvgIpc) is 3.10. The number of halogens is 1. The third-order valence-corrected chi connectivity index (χ3v) is 6.11. The van der Waals surface area contributed by atoms with Gasteiger partial charge in [0.05, 0.1) is 11.5 Å². The van der Waals surface area contributed by atoms with Crippen LogP contribution >= 0.6 is 0 Å². The Balaban J connectivity index is 1.40. The standard InChI is InChI=1S/C19H23FN2O4/c20-15-9-13(6-7-16(15)26-14-4-1-5-14)21-18(25)22-10-12-3-2-8-19(12,11-22)17(23)24/h6-7,9,12,14H,1-5,8,10-11H2,(H,21,25)(H,23,24)/t12-,19+/m0/s1. The van der Waals surface area contributed by atoms with Gasteiger partial charge in [-0.15, -0.1) is 0 Å². The van der Waals surface area contributed by atoms with Crippen molar-refractivity contribution in [3.8, 4) is 5.75 Å². The summed E-state index contributed by atoms with van der Waals surface area (Å²) in [7, 11) is 0. The predicted molar refractivity (Wildman–Crippen MR) is 92.7 cm³/mol. The first-order valence-corrected chi connectivity index (χ1v) is 9.23. The maximum atomic E-state index is 14.2. The van der Waals surface area contributed by atoms with E-state index in [1.54, 1.807) is 6.07 Å². The first-order chi connectivity index (χ1) is 12.5. The van der Waals surface area contributed by atoms with E-state index >= 15 is 0 Å². The summed E-state index contributed by atoms with van der Waals surface area (Å²) < 4.78 is 19.8. The van der Waals surface area contributed by atoms with Crippen molar-refractivity contribution >= 4 is 17.7 Å². The van der Waals surface area contributed by atoms with Gasteiger partial charge in [-0.3, -0.25) is 4.79 Å². The zero-order valence-electron chi connectivity index (χ0n) is 14.5. The highest BCUT2D eigenvalue weighted by molar-refractivity contribution is 5.90. The Bertz CT molecular complexity index is 736. The molecule has 26 heavy (non-hydrogen) atoms. The zero-order valence-corrected chi connectivity index (χ0v) is 14.5. The van der Waals surface area contributed by atoms with Gasteiger partial charge >= 0.3 is 12.0 Å². The van der Waals surface area contributed by atoms with Gasteiger partial charge in [0.2, 0.25) is 0 Å². The molecule has 0 bridgehead atoms. The maximum absolute atomic E-state index is 14.2. The molecule has 2 aliphatic carbocycles. The highest BCUT2D eigenvalue weighted by Crippen LogP contribution is 2.49. The molecule has 4 rings (SSSR count). The van der Waals surface area contributed by atoms with E-state index in [1.165, 1.54) is 17.0 Å². The lowest BCUT2D eigenvalue weighted by Gasteiger charge is -2.26. The second-order valence-electron chi connectivity index (χ2n) is 7.68. The molecular formula is C19H23FN2O4. The molecule has 0 spiro atoms. The highest BCUT2D eigenvalue weighted by Gasteiger charge is 2.55. The summed E-state index contributed by atoms with van der Waals surface area (Å²) in [5.74, 6) is -1.12. The number of hydrogen-bond acceptors (Lipinski definition) is 3. The van der Waals surface area contributed by atoms with E-state index in [-0.39, 0.29) is 30.3 Å². The van der Waals surface area contributed by atoms with Crippen molar-refractivity contribution in [2.75, 3.05) is 18.4 Å². The topological polar surface area (TPSA) is 78.9 Å². The quantitative estimate of drug-likeness (QED) is 0.860. The van der Waals surface area contributed by atoms with Gasteiger partial charge in [0, 0.05) is 24.8 Å². The van der Waals surface area contributed by atoms with Crippen molar-refractivity contribution in [2.45, 2.75) is 44.6 Å². The van der Waals surface area contributed by atoms with E-state index in [0.717, 1.165) is 32.1 Å². The number of carboxylic acids is 1. The van der Waals surface area contributed by atoms with Crippen molar-refractivity contribution in [2.24, 2.45) is 11.3 Å². The number of nitrogens with zero attached hydrogens (tertiary/aromatic N) is 1. The number of amides is 2. The van der Waals surface area contributed by atoms with Crippen LogP contribution in [-0.2, 0) is 4.79 Å². The third-order valence-electron chi connectivity index (χ3n) is 6.11. The molecule has 2 saturated carbocycles. The molecule has 1 saturated heterocycles. The van der Waals surface area contributed by atoms with Crippen LogP contribution in [0.3, 0.4) is 0 Å². The molecule has 2 N–H and O–H groups in total. The van der Waals surface area contributed by atoms with Gasteiger partial charge in [-0.2, -0.15) is 0 Å². The van der Waals surface area contributed by atoms with Gasteiger partial charge < -0.3 is 20.1 Å². The van der Waals surface area contributed by atoms with Crippen LogP contribution in [0.15, 0.2) is 18.2 Å². The van der Waals surface area contributed by atoms with Crippen molar-refractivity contribution in [3.05, 3.63) is 24.0 Å². The van der Waals surface area contributed by atoms with E-state index < -0.39 is 17.2 Å². The number of hydrogen-bond donors (Lipinski definition) is 2. The van der Waals surface area contributed by atoms with Gasteiger partial charge in [0.1, 0.15) is 0 Å². The lowest BCUT2D eigenvalue weighted by Crippen LogP contribution is -2.38. The summed E-state index contributed by atoms with van der Waals surface area (Å²) >= 11 is 0. The smallest absolute Gasteiger partial charge is 0.321 e. The summed E-state index contributed by atoms with van der Waals surface area (Å²) in [6.07, 6.45) is 5.41. The van der Waals surface area contributed by atoms with Crippen LogP contribution < -0.4 is 10.1 Å². The predicted octanol–water partition coefficient (Wildman–Crippen LogP) is 3.48. The van der Waals surface area contributed by atoms with Crippen LogP contribution in [0, 0.1) is 17.2 Å². The Morgan fingerprint density at radius 2 is 2.08 bits per heavy atom. The minimum atomic E-state index is -0.821. The van der Waals surface area contributed by atoms with Crippen LogP contribution in [0.2, 0.25) is 0 Å². The Morgan fingerprint density at radius 3 is 2.69 bits per heavy atom. The summed E-state index contributed by atoms with van der Waals surface area (Å²) in [5, 5.41) is 12.3. The molecule has 0 radical (unpaired) electrons. The summed E-state index contributed by atoms with van der Waals surface area (Å²) in [4.78, 5) is 25.8. The van der Waals surface area contributed by atoms with Gasteiger partial charge in [-0.25, -0.2) is 9.18 Å². The van der Waals surface area contributed by atoms with Gasteiger partial charge in [0.25, 0.3) is 0 Å². The van der Waals surface area contributed by atoms with E-state index in [0.29, 0.717) is 18.7 Å². The molecule has 0 aromatic heterocycles. The molecule has 0 unspecified atom stereocenters. The SMILES string of the molecule is O=C(Nc1ccc(OC2CCC2)c(F)c1)N1C[C@@H]2CCC[C@@]2(C(=O)O)C1. The van der Waals surface area contributed by atoms with Gasteiger partial charge in [-0.1, -0.05) is 6.42 Å². The van der Waals surface area contributed by atoms with Crippen LogP contribution in [0.5, 0.6) is 5.75 Å². The van der Waals surface area contributed by atoms with Crippen LogP contribution in [0.25, 0.3) is 0 Å². The molecule has 1 aromatic rings. The van der Waals surface area contributed by atoms with E-state index in [9.17, 15) is 19.1 Å². The zero-order chi connectivity index (χ0) is 18.3. The molecule has 3 fully saturated rings. The number of aliphatic carboxylic acids is 1. The van der Waals surface area contributed by atoms with Crippen LogP contribution in [0.4, 0.5) is 14.9 Å². The lowest BCUT2D eigenvalue weighted by atomic mass is 9.81. The number of rotatable bonds is 4. The normalized spacial score (nSPS) is 27.7. The number of carbonyl (C=O) groups excluding carboxylic acids is 1. The Labute approximate surface area is 151 Å². The first kappa shape index (κ1) is 17.1. The molecule has 7 heteroatoms. The molecule has 140 valence electrons. The molecule has 2 amide bonds. The minimum Gasteiger partial charge on any atom is -0.487 e. The molecule has 6 nitrogen and oxygen atoms in total. The number of likely N-dealkylation sites (tertiary alicyclic amines) is 1. The second-order valence-corrected chi connectivity index (χ2v) is 7.68. The fraction of sp³-hybridized carbons (Fsp3) is 0.579. The fourth-order valence-electron chi connectivity index (χ4n) is 4.34. The van der Waals surface area contributed by atoms with Gasteiger partial charge in [-0.05, 0) is 50.2 Å². The number of anilines is 1. The minimum absolute atomic E-state index is 0.000684. The highest BCUT2D eigenvalue weighted by atomic mass is 19.1. The summed E-state index contributed by atoms with van der Waals surface area (Å²) in [6, 6.07) is 4.00. The monoisotopic (exact) mass is 362 g/mol. The largest absolute Gasteiger partial charge is 0.487 e. The first-order valence-electron chi connectivity index (χ1n) is 9.23. The number of carboxylic acid groups (broad SMARTS) is 1. The molecule has 2 atom stereocenters. The van der Waals surface area contributed by atoms with Crippen molar-refractivity contribution < 1.29 is 23.8 Å². The van der Waals surface area contributed by atoms with Gasteiger partial charge in [0.15, 0.2) is 11.6 Å². The number of nitrogens with one attached hydrogen (secondary N) is 1. The maximum Gasteiger partial charge on any atom is 0.321 e. The van der Waals surface area contributed by atoms with E-state index in [4.69, 9.17) is 4.74 Å². The lowest BCUT2D eigenvalue weighted by molar-refractivity contribution is -0.149. The van der Waals surface area contributed by atoms with Crippen molar-refractivity contribution in [1.82, 2.24) is 4.90 Å².